The fourth-order valence-electron chi connectivity index (χ4n) is 2.50. The van der Waals surface area contributed by atoms with Gasteiger partial charge in [-0.25, -0.2) is 8.42 Å². The Bertz CT molecular complexity index is 824. The Hall–Kier alpha value is -1.92. The molecule has 1 atom stereocenters. The van der Waals surface area contributed by atoms with Gasteiger partial charge in [0.2, 0.25) is 0 Å². The van der Waals surface area contributed by atoms with Gasteiger partial charge in [-0.1, -0.05) is 18.2 Å². The van der Waals surface area contributed by atoms with E-state index in [9.17, 15) is 8.42 Å². The molecule has 6 heteroatoms. The van der Waals surface area contributed by atoms with Crippen molar-refractivity contribution in [2.45, 2.75) is 31.7 Å². The van der Waals surface area contributed by atoms with Crippen molar-refractivity contribution in [1.82, 2.24) is 5.32 Å². The zero-order valence-electron chi connectivity index (χ0n) is 14.3. The van der Waals surface area contributed by atoms with E-state index >= 15 is 0 Å². The Morgan fingerprint density at radius 1 is 1.04 bits per heavy atom. The molecule has 0 spiro atoms. The van der Waals surface area contributed by atoms with Crippen molar-refractivity contribution < 1.29 is 8.42 Å². The Morgan fingerprint density at radius 3 is 2.08 bits per heavy atom. The van der Waals surface area contributed by atoms with Crippen LogP contribution in [-0.2, 0) is 9.84 Å². The number of hydrogen-bond acceptors (Lipinski definition) is 3. The highest BCUT2D eigenvalue weighted by Gasteiger charge is 2.10. The maximum absolute atomic E-state index is 11.5. The molecule has 0 heterocycles. The van der Waals surface area contributed by atoms with Crippen LogP contribution in [0.15, 0.2) is 47.4 Å². The third-order valence-corrected chi connectivity index (χ3v) is 4.98. The molecule has 2 aromatic rings. The minimum Gasteiger partial charge on any atom is -0.356 e. The first-order valence-electron chi connectivity index (χ1n) is 7.61. The van der Waals surface area contributed by atoms with E-state index in [-0.39, 0.29) is 6.04 Å². The van der Waals surface area contributed by atoms with Gasteiger partial charge < -0.3 is 10.6 Å². The highest BCUT2D eigenvalue weighted by Crippen LogP contribution is 2.17. The molecule has 4 nitrogen and oxygen atoms in total. The first-order chi connectivity index (χ1) is 11.1. The summed E-state index contributed by atoms with van der Waals surface area (Å²) in [5.74, 6) is 0. The molecule has 0 unspecified atom stereocenters. The van der Waals surface area contributed by atoms with Crippen LogP contribution in [0.4, 0.5) is 5.69 Å². The van der Waals surface area contributed by atoms with E-state index < -0.39 is 9.84 Å². The molecule has 2 N–H and O–H groups in total. The summed E-state index contributed by atoms with van der Waals surface area (Å²) in [5, 5.41) is 6.92. The lowest BCUT2D eigenvalue weighted by atomic mass is 10.1. The number of benzene rings is 2. The minimum atomic E-state index is -3.18. The molecular weight excluding hydrogens is 340 g/mol. The summed E-state index contributed by atoms with van der Waals surface area (Å²) in [4.78, 5) is 0.314. The van der Waals surface area contributed by atoms with E-state index in [0.29, 0.717) is 10.0 Å². The van der Waals surface area contributed by atoms with E-state index in [2.05, 4.69) is 16.7 Å². The fraction of sp³-hybridized carbons (Fsp3) is 0.278. The van der Waals surface area contributed by atoms with Crippen LogP contribution in [0.1, 0.15) is 29.7 Å². The molecule has 2 rings (SSSR count). The molecular formula is C18H22N2O2S2. The minimum absolute atomic E-state index is 0.0375. The molecule has 2 aromatic carbocycles. The van der Waals surface area contributed by atoms with Gasteiger partial charge in [-0.15, -0.1) is 0 Å². The van der Waals surface area contributed by atoms with Crippen molar-refractivity contribution in [2.24, 2.45) is 0 Å². The van der Waals surface area contributed by atoms with Gasteiger partial charge in [-0.05, 0) is 73.9 Å². The molecule has 0 fully saturated rings. The summed E-state index contributed by atoms with van der Waals surface area (Å²) in [5.41, 5.74) is 4.26. The van der Waals surface area contributed by atoms with Crippen molar-refractivity contribution in [3.8, 4) is 0 Å². The third-order valence-electron chi connectivity index (χ3n) is 3.64. The maximum atomic E-state index is 11.5. The first-order valence-corrected chi connectivity index (χ1v) is 9.91. The van der Waals surface area contributed by atoms with Gasteiger partial charge in [0.05, 0.1) is 10.9 Å². The van der Waals surface area contributed by atoms with Crippen LogP contribution in [0.2, 0.25) is 0 Å². The lowest BCUT2D eigenvalue weighted by Gasteiger charge is -2.18. The van der Waals surface area contributed by atoms with Crippen molar-refractivity contribution in [2.75, 3.05) is 11.6 Å². The topological polar surface area (TPSA) is 58.2 Å². The van der Waals surface area contributed by atoms with Crippen molar-refractivity contribution in [3.63, 3.8) is 0 Å². The Balaban J connectivity index is 2.03. The SMILES string of the molecule is Cc1cc(C)cc(NC(=S)N[C@H](C)c2ccc(S(C)(=O)=O)cc2)c1. The second-order valence-corrected chi connectivity index (χ2v) is 8.46. The van der Waals surface area contributed by atoms with Gasteiger partial charge >= 0.3 is 0 Å². The molecule has 0 saturated heterocycles. The molecule has 24 heavy (non-hydrogen) atoms. The predicted molar refractivity (Wildman–Crippen MR) is 103 cm³/mol. The van der Waals surface area contributed by atoms with Gasteiger partial charge in [-0.2, -0.15) is 0 Å². The second kappa shape index (κ2) is 7.32. The van der Waals surface area contributed by atoms with Crippen LogP contribution in [0, 0.1) is 13.8 Å². The van der Waals surface area contributed by atoms with E-state index in [1.165, 1.54) is 17.4 Å². The van der Waals surface area contributed by atoms with Crippen LogP contribution in [-0.4, -0.2) is 19.8 Å². The van der Waals surface area contributed by atoms with Crippen molar-refractivity contribution >= 4 is 32.9 Å². The lowest BCUT2D eigenvalue weighted by Crippen LogP contribution is -2.30. The average molecular weight is 363 g/mol. The normalized spacial score (nSPS) is 12.5. The molecule has 0 saturated carbocycles. The monoisotopic (exact) mass is 362 g/mol. The lowest BCUT2D eigenvalue weighted by molar-refractivity contribution is 0.601. The summed E-state index contributed by atoms with van der Waals surface area (Å²) >= 11 is 5.37. The van der Waals surface area contributed by atoms with Gasteiger partial charge in [0.25, 0.3) is 0 Å². The van der Waals surface area contributed by atoms with Crippen LogP contribution < -0.4 is 10.6 Å². The van der Waals surface area contributed by atoms with Gasteiger partial charge in [0, 0.05) is 11.9 Å². The zero-order chi connectivity index (χ0) is 17.9. The quantitative estimate of drug-likeness (QED) is 0.811. The number of nitrogens with one attached hydrogen (secondary N) is 2. The van der Waals surface area contributed by atoms with Crippen LogP contribution >= 0.6 is 12.2 Å². The molecule has 128 valence electrons. The predicted octanol–water partition coefficient (Wildman–Crippen LogP) is 3.75. The second-order valence-electron chi connectivity index (χ2n) is 6.04. The Labute approximate surface area is 149 Å². The van der Waals surface area contributed by atoms with E-state index in [4.69, 9.17) is 12.2 Å². The maximum Gasteiger partial charge on any atom is 0.175 e. The molecule has 0 bridgehead atoms. The van der Waals surface area contributed by atoms with Crippen LogP contribution in [0.5, 0.6) is 0 Å². The summed E-state index contributed by atoms with van der Waals surface area (Å²) in [6, 6.07) is 13.0. The fourth-order valence-corrected chi connectivity index (χ4v) is 3.42. The van der Waals surface area contributed by atoms with Crippen LogP contribution in [0.3, 0.4) is 0 Å². The van der Waals surface area contributed by atoms with Crippen molar-refractivity contribution in [3.05, 3.63) is 59.2 Å². The summed E-state index contributed by atoms with van der Waals surface area (Å²) in [6.45, 7) is 6.06. The van der Waals surface area contributed by atoms with Crippen molar-refractivity contribution in [1.29, 1.82) is 0 Å². The highest BCUT2D eigenvalue weighted by atomic mass is 32.2. The van der Waals surface area contributed by atoms with E-state index in [1.807, 2.05) is 32.9 Å². The van der Waals surface area contributed by atoms with E-state index in [1.54, 1.807) is 24.3 Å². The summed E-state index contributed by atoms with van der Waals surface area (Å²) < 4.78 is 23.0. The summed E-state index contributed by atoms with van der Waals surface area (Å²) in [7, 11) is -3.18. The number of hydrogen-bond donors (Lipinski definition) is 2. The standard InChI is InChI=1S/C18H22N2O2S2/c1-12-9-13(2)11-16(10-12)20-18(23)19-14(3)15-5-7-17(8-6-15)24(4,21)22/h5-11,14H,1-4H3,(H2,19,20,23)/t14-/m1/s1. The largest absolute Gasteiger partial charge is 0.356 e. The van der Waals surface area contributed by atoms with E-state index in [0.717, 1.165) is 11.3 Å². The molecule has 0 aliphatic rings. The number of aryl methyl sites for hydroxylation is 2. The Kier molecular flexibility index (Phi) is 5.62. The van der Waals surface area contributed by atoms with Gasteiger partial charge in [-0.3, -0.25) is 0 Å². The Morgan fingerprint density at radius 2 is 1.58 bits per heavy atom. The molecule has 0 aliphatic heterocycles. The van der Waals surface area contributed by atoms with Gasteiger partial charge in [0.15, 0.2) is 14.9 Å². The number of anilines is 1. The van der Waals surface area contributed by atoms with Crippen LogP contribution in [0.25, 0.3) is 0 Å². The number of sulfone groups is 1. The molecule has 0 aromatic heterocycles. The smallest absolute Gasteiger partial charge is 0.175 e. The molecule has 0 aliphatic carbocycles. The first kappa shape index (κ1) is 18.4. The number of thiocarbonyl (C=S) groups is 1. The average Bonchev–Trinajstić information content (AvgIpc) is 2.45. The molecule has 0 radical (unpaired) electrons. The third kappa shape index (κ3) is 5.04. The zero-order valence-corrected chi connectivity index (χ0v) is 15.9. The van der Waals surface area contributed by atoms with Gasteiger partial charge in [0.1, 0.15) is 0 Å². The number of rotatable bonds is 4. The highest BCUT2D eigenvalue weighted by molar-refractivity contribution is 7.90. The summed E-state index contributed by atoms with van der Waals surface area (Å²) in [6.07, 6.45) is 1.20. The molecule has 0 amide bonds.